The number of rotatable bonds is 7. The molecular formula is C25H26ClN7O3. The highest BCUT2D eigenvalue weighted by molar-refractivity contribution is 6.30. The Morgan fingerprint density at radius 1 is 1.08 bits per heavy atom. The molecule has 0 aliphatic heterocycles. The Bertz CT molecular complexity index is 1340. The van der Waals surface area contributed by atoms with Gasteiger partial charge in [0.2, 0.25) is 11.7 Å². The minimum absolute atomic E-state index is 0.255. The Morgan fingerprint density at radius 3 is 2.39 bits per heavy atom. The summed E-state index contributed by atoms with van der Waals surface area (Å²) < 4.78 is 5.54. The van der Waals surface area contributed by atoms with Crippen molar-refractivity contribution in [3.05, 3.63) is 77.3 Å². The quantitative estimate of drug-likeness (QED) is 0.401. The fraction of sp³-hybridized carbons (Fsp3) is 0.280. The molecule has 0 aliphatic carbocycles. The number of hydrogen-bond acceptors (Lipinski definition) is 7. The zero-order valence-electron chi connectivity index (χ0n) is 20.3. The number of carbonyl (C=O) groups excluding carboxylic acids is 2. The summed E-state index contributed by atoms with van der Waals surface area (Å²) in [6.07, 6.45) is 3.15. The molecular weight excluding hydrogens is 482 g/mol. The van der Waals surface area contributed by atoms with Gasteiger partial charge in [-0.05, 0) is 87.0 Å². The maximum absolute atomic E-state index is 13.8. The summed E-state index contributed by atoms with van der Waals surface area (Å²) in [5, 5.41) is 15.8. The molecule has 0 aliphatic rings. The number of anilines is 1. The molecule has 3 heterocycles. The van der Waals surface area contributed by atoms with Gasteiger partial charge in [0.1, 0.15) is 18.3 Å². The van der Waals surface area contributed by atoms with E-state index in [0.717, 1.165) is 0 Å². The molecule has 0 unspecified atom stereocenters. The van der Waals surface area contributed by atoms with Crippen molar-refractivity contribution in [2.24, 2.45) is 0 Å². The monoisotopic (exact) mass is 507 g/mol. The summed E-state index contributed by atoms with van der Waals surface area (Å²) in [7, 11) is 0. The third kappa shape index (κ3) is 5.95. The molecule has 0 fully saturated rings. The van der Waals surface area contributed by atoms with Gasteiger partial charge in [-0.2, -0.15) is 4.80 Å². The number of aryl methyl sites for hydroxylation is 1. The van der Waals surface area contributed by atoms with E-state index in [1.807, 2.05) is 27.7 Å². The molecule has 0 saturated heterocycles. The maximum atomic E-state index is 13.8. The van der Waals surface area contributed by atoms with Crippen LogP contribution in [-0.2, 0) is 16.1 Å². The molecule has 4 rings (SSSR count). The van der Waals surface area contributed by atoms with E-state index >= 15 is 0 Å². The topological polar surface area (TPSA) is 119 Å². The van der Waals surface area contributed by atoms with Crippen LogP contribution in [0, 0.1) is 6.92 Å². The van der Waals surface area contributed by atoms with Crippen LogP contribution in [0.3, 0.4) is 0 Å². The van der Waals surface area contributed by atoms with E-state index < -0.39 is 17.5 Å². The van der Waals surface area contributed by atoms with Crippen molar-refractivity contribution in [1.82, 2.24) is 30.5 Å². The van der Waals surface area contributed by atoms with Gasteiger partial charge in [0.15, 0.2) is 5.76 Å². The van der Waals surface area contributed by atoms with Gasteiger partial charge in [-0.25, -0.2) is 0 Å². The SMILES string of the molecule is Cc1ccc(-c2nnn(CC(=O)N(c3ccc(Cl)cc3)[C@@H](C(=O)NC(C)(C)C)c3ccncc3)n2)o1. The lowest BCUT2D eigenvalue weighted by Crippen LogP contribution is -2.50. The number of amides is 2. The Hall–Kier alpha value is -4.05. The van der Waals surface area contributed by atoms with Crippen LogP contribution in [0.1, 0.15) is 38.1 Å². The van der Waals surface area contributed by atoms with Crippen LogP contribution >= 0.6 is 11.6 Å². The molecule has 4 aromatic rings. The maximum Gasteiger partial charge on any atom is 0.251 e. The van der Waals surface area contributed by atoms with Crippen molar-refractivity contribution in [1.29, 1.82) is 0 Å². The van der Waals surface area contributed by atoms with Crippen LogP contribution in [-0.4, -0.2) is 42.5 Å². The van der Waals surface area contributed by atoms with Crippen LogP contribution in [0.2, 0.25) is 5.02 Å². The number of hydrogen-bond donors (Lipinski definition) is 1. The predicted octanol–water partition coefficient (Wildman–Crippen LogP) is 3.98. The molecule has 0 spiro atoms. The summed E-state index contributed by atoms with van der Waals surface area (Å²) in [6.45, 7) is 7.17. The van der Waals surface area contributed by atoms with E-state index in [0.29, 0.717) is 27.8 Å². The first-order chi connectivity index (χ1) is 17.1. The molecule has 36 heavy (non-hydrogen) atoms. The van der Waals surface area contributed by atoms with Crippen LogP contribution in [0.4, 0.5) is 5.69 Å². The molecule has 0 saturated carbocycles. The van der Waals surface area contributed by atoms with Crippen molar-refractivity contribution in [3.63, 3.8) is 0 Å². The Labute approximate surface area is 213 Å². The fourth-order valence-corrected chi connectivity index (χ4v) is 3.73. The number of aromatic nitrogens is 5. The van der Waals surface area contributed by atoms with Crippen molar-refractivity contribution < 1.29 is 14.0 Å². The second-order valence-electron chi connectivity index (χ2n) is 9.22. The van der Waals surface area contributed by atoms with Crippen molar-refractivity contribution in [3.8, 4) is 11.6 Å². The number of benzene rings is 1. The lowest BCUT2D eigenvalue weighted by atomic mass is 10.0. The normalized spacial score (nSPS) is 12.2. The molecule has 1 N–H and O–H groups in total. The molecule has 1 atom stereocenters. The highest BCUT2D eigenvalue weighted by Gasteiger charge is 2.35. The summed E-state index contributed by atoms with van der Waals surface area (Å²) in [6, 6.07) is 12.6. The number of furan rings is 1. The first kappa shape index (κ1) is 25.1. The fourth-order valence-electron chi connectivity index (χ4n) is 3.60. The van der Waals surface area contributed by atoms with E-state index in [4.69, 9.17) is 16.0 Å². The number of nitrogens with one attached hydrogen (secondary N) is 1. The number of tetrazole rings is 1. The first-order valence-electron chi connectivity index (χ1n) is 11.2. The van der Waals surface area contributed by atoms with Crippen LogP contribution in [0.15, 0.2) is 65.3 Å². The van der Waals surface area contributed by atoms with E-state index in [1.54, 1.807) is 60.9 Å². The van der Waals surface area contributed by atoms with Crippen LogP contribution in [0.25, 0.3) is 11.6 Å². The third-order valence-electron chi connectivity index (χ3n) is 5.09. The molecule has 2 amide bonds. The van der Waals surface area contributed by atoms with Crippen molar-refractivity contribution in [2.75, 3.05) is 4.90 Å². The average molecular weight is 508 g/mol. The number of pyridine rings is 1. The molecule has 186 valence electrons. The Balaban J connectivity index is 1.72. The molecule has 0 radical (unpaired) electrons. The summed E-state index contributed by atoms with van der Waals surface area (Å²) >= 11 is 6.10. The van der Waals surface area contributed by atoms with E-state index in [-0.39, 0.29) is 18.3 Å². The minimum Gasteiger partial charge on any atom is -0.458 e. The van der Waals surface area contributed by atoms with Gasteiger partial charge in [0.25, 0.3) is 5.91 Å². The van der Waals surface area contributed by atoms with Crippen LogP contribution < -0.4 is 10.2 Å². The van der Waals surface area contributed by atoms with Crippen LogP contribution in [0.5, 0.6) is 0 Å². The number of halogens is 1. The molecule has 3 aromatic heterocycles. The zero-order valence-corrected chi connectivity index (χ0v) is 21.1. The Morgan fingerprint density at radius 2 is 1.78 bits per heavy atom. The van der Waals surface area contributed by atoms with Gasteiger partial charge in [0.05, 0.1) is 0 Å². The smallest absolute Gasteiger partial charge is 0.251 e. The largest absolute Gasteiger partial charge is 0.458 e. The van der Waals surface area contributed by atoms with Crippen molar-refractivity contribution >= 4 is 29.1 Å². The zero-order chi connectivity index (χ0) is 25.9. The lowest BCUT2D eigenvalue weighted by Gasteiger charge is -2.33. The standard InChI is InChI=1S/C25H26ClN7O3/c1-16-5-10-20(36-16)23-29-31-32(30-23)15-21(34)33(19-8-6-18(26)7-9-19)22(17-11-13-27-14-12-17)24(35)28-25(2,3)4/h5-14,22H,15H2,1-4H3,(H,28,35)/t22-/m1/s1. The predicted molar refractivity (Wildman–Crippen MR) is 134 cm³/mol. The third-order valence-corrected chi connectivity index (χ3v) is 5.34. The van der Waals surface area contributed by atoms with Crippen molar-refractivity contribution in [2.45, 2.75) is 45.8 Å². The van der Waals surface area contributed by atoms with Gasteiger partial charge in [-0.1, -0.05) is 11.6 Å². The number of nitrogens with zero attached hydrogens (tertiary/aromatic N) is 6. The summed E-state index contributed by atoms with van der Waals surface area (Å²) in [5.41, 5.74) is 0.547. The number of carbonyl (C=O) groups is 2. The van der Waals surface area contributed by atoms with Gasteiger partial charge in [-0.15, -0.1) is 10.2 Å². The second-order valence-corrected chi connectivity index (χ2v) is 9.65. The Kier molecular flexibility index (Phi) is 7.16. The molecule has 1 aromatic carbocycles. The van der Waals surface area contributed by atoms with Gasteiger partial charge in [-0.3, -0.25) is 19.5 Å². The minimum atomic E-state index is -0.989. The summed E-state index contributed by atoms with van der Waals surface area (Å²) in [4.78, 5) is 34.0. The molecule has 0 bridgehead atoms. The second kappa shape index (κ2) is 10.3. The highest BCUT2D eigenvalue weighted by atomic mass is 35.5. The molecule has 10 nitrogen and oxygen atoms in total. The van der Waals surface area contributed by atoms with E-state index in [1.165, 1.54) is 9.70 Å². The van der Waals surface area contributed by atoms with E-state index in [2.05, 4.69) is 25.7 Å². The highest BCUT2D eigenvalue weighted by Crippen LogP contribution is 2.30. The lowest BCUT2D eigenvalue weighted by molar-refractivity contribution is -0.128. The molecule has 11 heteroatoms. The first-order valence-corrected chi connectivity index (χ1v) is 11.6. The average Bonchev–Trinajstić information content (AvgIpc) is 3.46. The van der Waals surface area contributed by atoms with Gasteiger partial charge < -0.3 is 9.73 Å². The van der Waals surface area contributed by atoms with E-state index in [9.17, 15) is 9.59 Å². The van der Waals surface area contributed by atoms with Gasteiger partial charge >= 0.3 is 0 Å². The summed E-state index contributed by atoms with van der Waals surface area (Å²) in [5.74, 6) is 0.625. The van der Waals surface area contributed by atoms with Gasteiger partial charge in [0, 0.05) is 28.6 Å².